The van der Waals surface area contributed by atoms with Crippen LogP contribution >= 0.6 is 0 Å². The Morgan fingerprint density at radius 2 is 2.10 bits per heavy atom. The van der Waals surface area contributed by atoms with Crippen LogP contribution in [0.1, 0.15) is 5.56 Å². The van der Waals surface area contributed by atoms with Crippen molar-refractivity contribution >= 4 is 0 Å². The first-order valence-corrected chi connectivity index (χ1v) is 3.14. The molecule has 2 N–H and O–H groups in total. The third kappa shape index (κ3) is 2.13. The molecule has 0 saturated carbocycles. The molecule has 0 unspecified atom stereocenters. The Labute approximate surface area is 60.5 Å². The van der Waals surface area contributed by atoms with E-state index in [0.717, 1.165) is 6.54 Å². The number of rotatable bonds is 2. The van der Waals surface area contributed by atoms with Gasteiger partial charge in [0.15, 0.2) is 0 Å². The molecule has 0 bridgehead atoms. The average molecular weight is 137 g/mol. The fourth-order valence-corrected chi connectivity index (χ4v) is 0.776. The van der Waals surface area contributed by atoms with Gasteiger partial charge in [0, 0.05) is 26.0 Å². The smallest absolute Gasteiger partial charge is 0.0377 e. The summed E-state index contributed by atoms with van der Waals surface area (Å²) in [6, 6.07) is 3.90. The topological polar surface area (TPSA) is 42.1 Å². The molecule has 0 aromatic carbocycles. The van der Waals surface area contributed by atoms with Crippen molar-refractivity contribution in [2.75, 3.05) is 7.05 Å². The minimum absolute atomic E-state index is 0.766. The first kappa shape index (κ1) is 7.18. The lowest BCUT2D eigenvalue weighted by atomic mass is 10.3. The quantitative estimate of drug-likeness (QED) is 0.473. The van der Waals surface area contributed by atoms with E-state index in [1.54, 1.807) is 17.4 Å². The maximum atomic E-state index is 5.44. The van der Waals surface area contributed by atoms with Crippen LogP contribution in [0, 0.1) is 0 Å². The van der Waals surface area contributed by atoms with Gasteiger partial charge in [0.2, 0.25) is 0 Å². The maximum absolute atomic E-state index is 5.44. The van der Waals surface area contributed by atoms with Crippen LogP contribution < -0.4 is 5.84 Å². The van der Waals surface area contributed by atoms with Crippen LogP contribution in [0.5, 0.6) is 0 Å². The van der Waals surface area contributed by atoms with Gasteiger partial charge in [-0.3, -0.25) is 10.8 Å². The van der Waals surface area contributed by atoms with Gasteiger partial charge in [0.25, 0.3) is 0 Å². The fraction of sp³-hybridized carbons (Fsp3) is 0.286. The molecule has 0 saturated heterocycles. The summed E-state index contributed by atoms with van der Waals surface area (Å²) in [5.74, 6) is 5.44. The van der Waals surface area contributed by atoms with Crippen LogP contribution in [0.2, 0.25) is 0 Å². The molecule has 0 aliphatic carbocycles. The van der Waals surface area contributed by atoms with Gasteiger partial charge in [-0.15, -0.1) is 0 Å². The SMILES string of the molecule is CN(N)Cc1ccncc1. The Balaban J connectivity index is 2.59. The number of nitrogens with zero attached hydrogens (tertiary/aromatic N) is 2. The second-order valence-corrected chi connectivity index (χ2v) is 2.27. The van der Waals surface area contributed by atoms with E-state index in [4.69, 9.17) is 5.84 Å². The monoisotopic (exact) mass is 137 g/mol. The van der Waals surface area contributed by atoms with Crippen molar-refractivity contribution in [2.45, 2.75) is 6.54 Å². The number of hydrogen-bond acceptors (Lipinski definition) is 3. The molecule has 1 aromatic heterocycles. The second kappa shape index (κ2) is 3.29. The van der Waals surface area contributed by atoms with E-state index in [9.17, 15) is 0 Å². The molecule has 1 aromatic rings. The fourth-order valence-electron chi connectivity index (χ4n) is 0.776. The molecular formula is C7H11N3. The van der Waals surface area contributed by atoms with Crippen LogP contribution in [-0.4, -0.2) is 17.0 Å². The van der Waals surface area contributed by atoms with Gasteiger partial charge in [0.1, 0.15) is 0 Å². The van der Waals surface area contributed by atoms with E-state index in [0.29, 0.717) is 0 Å². The number of pyridine rings is 1. The number of hydrazine groups is 1. The summed E-state index contributed by atoms with van der Waals surface area (Å²) in [4.78, 5) is 3.89. The zero-order chi connectivity index (χ0) is 7.40. The highest BCUT2D eigenvalue weighted by molar-refractivity contribution is 5.08. The molecule has 10 heavy (non-hydrogen) atoms. The molecule has 0 aliphatic heterocycles. The molecule has 0 spiro atoms. The van der Waals surface area contributed by atoms with E-state index >= 15 is 0 Å². The van der Waals surface area contributed by atoms with Crippen LogP contribution in [0.25, 0.3) is 0 Å². The van der Waals surface area contributed by atoms with Gasteiger partial charge in [-0.1, -0.05) is 0 Å². The van der Waals surface area contributed by atoms with Gasteiger partial charge in [0.05, 0.1) is 0 Å². The summed E-state index contributed by atoms with van der Waals surface area (Å²) < 4.78 is 0. The van der Waals surface area contributed by atoms with Crippen molar-refractivity contribution in [3.8, 4) is 0 Å². The molecule has 1 rings (SSSR count). The van der Waals surface area contributed by atoms with Crippen LogP contribution in [-0.2, 0) is 6.54 Å². The summed E-state index contributed by atoms with van der Waals surface area (Å²) in [6.07, 6.45) is 3.53. The third-order valence-electron chi connectivity index (χ3n) is 1.18. The molecule has 0 atom stereocenters. The predicted octanol–water partition coefficient (Wildman–Crippen LogP) is 0.387. The standard InChI is InChI=1S/C7H11N3/c1-10(8)6-7-2-4-9-5-3-7/h2-5H,6,8H2,1H3. The van der Waals surface area contributed by atoms with Gasteiger partial charge >= 0.3 is 0 Å². The van der Waals surface area contributed by atoms with Crippen molar-refractivity contribution in [1.82, 2.24) is 9.99 Å². The van der Waals surface area contributed by atoms with E-state index in [2.05, 4.69) is 4.98 Å². The highest BCUT2D eigenvalue weighted by atomic mass is 15.4. The third-order valence-corrected chi connectivity index (χ3v) is 1.18. The molecule has 3 nitrogen and oxygen atoms in total. The molecule has 0 aliphatic rings. The highest BCUT2D eigenvalue weighted by Gasteiger charge is 1.91. The van der Waals surface area contributed by atoms with Crippen LogP contribution in [0.15, 0.2) is 24.5 Å². The summed E-state index contributed by atoms with van der Waals surface area (Å²) in [7, 11) is 1.83. The summed E-state index contributed by atoms with van der Waals surface area (Å²) in [5, 5.41) is 1.63. The molecule has 54 valence electrons. The molecule has 3 heteroatoms. The first-order valence-electron chi connectivity index (χ1n) is 3.14. The van der Waals surface area contributed by atoms with E-state index in [1.807, 2.05) is 19.2 Å². The zero-order valence-corrected chi connectivity index (χ0v) is 5.99. The Morgan fingerprint density at radius 3 is 2.60 bits per heavy atom. The summed E-state index contributed by atoms with van der Waals surface area (Å²) in [5.41, 5.74) is 1.18. The Hall–Kier alpha value is -0.930. The lowest BCUT2D eigenvalue weighted by Gasteiger charge is -2.07. The number of hydrogen-bond donors (Lipinski definition) is 1. The number of aromatic nitrogens is 1. The van der Waals surface area contributed by atoms with Crippen molar-refractivity contribution < 1.29 is 0 Å². The largest absolute Gasteiger partial charge is 0.269 e. The van der Waals surface area contributed by atoms with Crippen molar-refractivity contribution in [1.29, 1.82) is 0 Å². The number of nitrogens with two attached hydrogens (primary N) is 1. The first-order chi connectivity index (χ1) is 4.79. The minimum Gasteiger partial charge on any atom is -0.269 e. The van der Waals surface area contributed by atoms with Crippen LogP contribution in [0.4, 0.5) is 0 Å². The Kier molecular flexibility index (Phi) is 2.36. The predicted molar refractivity (Wildman–Crippen MR) is 39.9 cm³/mol. The zero-order valence-electron chi connectivity index (χ0n) is 5.99. The van der Waals surface area contributed by atoms with Gasteiger partial charge in [-0.25, -0.2) is 5.01 Å². The normalized spacial score (nSPS) is 10.3. The molecule has 0 radical (unpaired) electrons. The summed E-state index contributed by atoms with van der Waals surface area (Å²) >= 11 is 0. The summed E-state index contributed by atoms with van der Waals surface area (Å²) in [6.45, 7) is 0.766. The highest BCUT2D eigenvalue weighted by Crippen LogP contribution is 1.96. The minimum atomic E-state index is 0.766. The van der Waals surface area contributed by atoms with Gasteiger partial charge in [-0.2, -0.15) is 0 Å². The van der Waals surface area contributed by atoms with Crippen molar-refractivity contribution in [2.24, 2.45) is 5.84 Å². The Morgan fingerprint density at radius 1 is 1.50 bits per heavy atom. The van der Waals surface area contributed by atoms with Crippen molar-refractivity contribution in [3.63, 3.8) is 0 Å². The molecule has 1 heterocycles. The van der Waals surface area contributed by atoms with E-state index in [-0.39, 0.29) is 0 Å². The lowest BCUT2D eigenvalue weighted by molar-refractivity contribution is 0.341. The molecular weight excluding hydrogens is 126 g/mol. The van der Waals surface area contributed by atoms with Gasteiger partial charge in [-0.05, 0) is 17.7 Å². The van der Waals surface area contributed by atoms with Crippen molar-refractivity contribution in [3.05, 3.63) is 30.1 Å². The maximum Gasteiger partial charge on any atom is 0.0377 e. The second-order valence-electron chi connectivity index (χ2n) is 2.27. The molecule has 0 fully saturated rings. The van der Waals surface area contributed by atoms with E-state index in [1.165, 1.54) is 5.56 Å². The average Bonchev–Trinajstić information content (AvgIpc) is 1.88. The molecule has 0 amide bonds. The van der Waals surface area contributed by atoms with Crippen LogP contribution in [0.3, 0.4) is 0 Å². The van der Waals surface area contributed by atoms with E-state index < -0.39 is 0 Å². The Bertz CT molecular complexity index is 183. The van der Waals surface area contributed by atoms with Gasteiger partial charge < -0.3 is 0 Å². The lowest BCUT2D eigenvalue weighted by Crippen LogP contribution is -2.24.